The molecule has 0 saturated heterocycles. The van der Waals surface area contributed by atoms with Crippen molar-refractivity contribution in [2.45, 2.75) is 11.7 Å². The van der Waals surface area contributed by atoms with Crippen molar-refractivity contribution in [2.24, 2.45) is 0 Å². The van der Waals surface area contributed by atoms with Crippen LogP contribution in [0.1, 0.15) is 11.1 Å². The van der Waals surface area contributed by atoms with E-state index in [0.717, 1.165) is 10.0 Å². The van der Waals surface area contributed by atoms with Crippen molar-refractivity contribution in [1.82, 2.24) is 19.7 Å². The van der Waals surface area contributed by atoms with Gasteiger partial charge in [0.15, 0.2) is 5.16 Å². The van der Waals surface area contributed by atoms with Gasteiger partial charge >= 0.3 is 0 Å². The number of hydrogen-bond acceptors (Lipinski definition) is 6. The number of thioether (sulfide) groups is 1. The fraction of sp³-hybridized carbons (Fsp3) is 0.176. The predicted molar refractivity (Wildman–Crippen MR) is 102 cm³/mol. The number of rotatable bonds is 5. The number of nitrogens with one attached hydrogen (secondary N) is 1. The first-order valence-corrected chi connectivity index (χ1v) is 9.51. The highest BCUT2D eigenvalue weighted by atomic mass is 79.9. The molecular formula is C17H14BrN5O2S. The Morgan fingerprint density at radius 2 is 2.27 bits per heavy atom. The molecule has 0 bridgehead atoms. The van der Waals surface area contributed by atoms with Crippen LogP contribution in [0.4, 0.5) is 0 Å². The molecule has 1 aromatic carbocycles. The maximum atomic E-state index is 12.2. The van der Waals surface area contributed by atoms with Crippen LogP contribution in [0, 0.1) is 11.3 Å². The second kappa shape index (κ2) is 7.76. The summed E-state index contributed by atoms with van der Waals surface area (Å²) >= 11 is 4.68. The molecule has 0 atom stereocenters. The number of methoxy groups -OCH3 is 1. The Bertz CT molecular complexity index is 1050. The van der Waals surface area contributed by atoms with Crippen molar-refractivity contribution >= 4 is 27.7 Å². The molecule has 3 aromatic rings. The second-order valence-electron chi connectivity index (χ2n) is 5.29. The minimum atomic E-state index is -0.449. The quantitative estimate of drug-likeness (QED) is 0.492. The maximum absolute atomic E-state index is 12.2. The number of nitriles is 1. The number of benzene rings is 1. The summed E-state index contributed by atoms with van der Waals surface area (Å²) in [5, 5.41) is 14.1. The molecule has 2 heterocycles. The number of aromatic nitrogens is 4. The zero-order valence-corrected chi connectivity index (χ0v) is 16.4. The summed E-state index contributed by atoms with van der Waals surface area (Å²) in [5.41, 5.74) is 1.42. The first-order chi connectivity index (χ1) is 12.5. The van der Waals surface area contributed by atoms with E-state index in [1.54, 1.807) is 30.1 Å². The molecule has 1 N–H and O–H groups in total. The lowest BCUT2D eigenvalue weighted by atomic mass is 10.0. The number of H-pyrrole nitrogens is 1. The van der Waals surface area contributed by atoms with Gasteiger partial charge in [0.25, 0.3) is 5.56 Å². The van der Waals surface area contributed by atoms with Gasteiger partial charge in [-0.15, -0.1) is 0 Å². The molecule has 0 spiro atoms. The van der Waals surface area contributed by atoms with Gasteiger partial charge in [0, 0.05) is 17.3 Å². The number of ether oxygens (including phenoxy) is 1. The van der Waals surface area contributed by atoms with E-state index in [2.05, 4.69) is 31.0 Å². The Kier molecular flexibility index (Phi) is 5.44. The zero-order valence-electron chi connectivity index (χ0n) is 14.0. The molecule has 0 fully saturated rings. The van der Waals surface area contributed by atoms with Crippen molar-refractivity contribution in [3.8, 4) is 23.1 Å². The van der Waals surface area contributed by atoms with Crippen molar-refractivity contribution in [2.75, 3.05) is 13.4 Å². The molecule has 0 unspecified atom stereocenters. The Morgan fingerprint density at radius 3 is 2.88 bits per heavy atom. The van der Waals surface area contributed by atoms with Crippen molar-refractivity contribution in [3.63, 3.8) is 0 Å². The minimum absolute atomic E-state index is 0.0132. The van der Waals surface area contributed by atoms with E-state index in [0.29, 0.717) is 28.7 Å². The Hall–Kier alpha value is -2.57. The van der Waals surface area contributed by atoms with E-state index in [1.807, 2.05) is 24.6 Å². The normalized spacial score (nSPS) is 10.5. The molecule has 0 saturated carbocycles. The van der Waals surface area contributed by atoms with Gasteiger partial charge in [-0.2, -0.15) is 10.4 Å². The van der Waals surface area contributed by atoms with Crippen molar-refractivity contribution in [1.29, 1.82) is 5.26 Å². The van der Waals surface area contributed by atoms with E-state index in [1.165, 1.54) is 11.8 Å². The second-order valence-corrected chi connectivity index (χ2v) is 7.00. The largest absolute Gasteiger partial charge is 0.496 e. The minimum Gasteiger partial charge on any atom is -0.496 e. The van der Waals surface area contributed by atoms with E-state index >= 15 is 0 Å². The van der Waals surface area contributed by atoms with E-state index in [-0.39, 0.29) is 5.56 Å². The summed E-state index contributed by atoms with van der Waals surface area (Å²) in [6, 6.07) is 7.39. The van der Waals surface area contributed by atoms with Crippen LogP contribution in [0.25, 0.3) is 11.3 Å². The van der Waals surface area contributed by atoms with Gasteiger partial charge in [0.2, 0.25) is 0 Å². The van der Waals surface area contributed by atoms with Crippen LogP contribution in [0.15, 0.2) is 45.0 Å². The Balaban J connectivity index is 2.12. The van der Waals surface area contributed by atoms with Crippen LogP contribution in [0.2, 0.25) is 0 Å². The Labute approximate surface area is 162 Å². The van der Waals surface area contributed by atoms with Crippen LogP contribution < -0.4 is 10.3 Å². The van der Waals surface area contributed by atoms with Crippen LogP contribution in [0.3, 0.4) is 0 Å². The zero-order chi connectivity index (χ0) is 18.7. The lowest BCUT2D eigenvalue weighted by molar-refractivity contribution is 0.407. The summed E-state index contributed by atoms with van der Waals surface area (Å²) in [6.07, 6.45) is 5.36. The first kappa shape index (κ1) is 18.2. The van der Waals surface area contributed by atoms with Gasteiger partial charge in [0.1, 0.15) is 17.4 Å². The van der Waals surface area contributed by atoms with E-state index < -0.39 is 5.56 Å². The van der Waals surface area contributed by atoms with E-state index in [9.17, 15) is 10.1 Å². The maximum Gasteiger partial charge on any atom is 0.270 e. The molecule has 3 rings (SSSR count). The molecule has 0 radical (unpaired) electrons. The third-order valence-electron chi connectivity index (χ3n) is 3.69. The molecule has 7 nitrogen and oxygen atoms in total. The van der Waals surface area contributed by atoms with Gasteiger partial charge < -0.3 is 9.72 Å². The van der Waals surface area contributed by atoms with E-state index in [4.69, 9.17) is 4.74 Å². The molecule has 2 aromatic heterocycles. The number of nitrogens with zero attached hydrogens (tertiary/aromatic N) is 4. The molecular weight excluding hydrogens is 418 g/mol. The Morgan fingerprint density at radius 1 is 1.46 bits per heavy atom. The van der Waals surface area contributed by atoms with Gasteiger partial charge in [-0.25, -0.2) is 4.98 Å². The van der Waals surface area contributed by atoms with Gasteiger partial charge in [-0.3, -0.25) is 9.48 Å². The number of halogens is 1. The highest BCUT2D eigenvalue weighted by Crippen LogP contribution is 2.28. The smallest absolute Gasteiger partial charge is 0.270 e. The lowest BCUT2D eigenvalue weighted by Crippen LogP contribution is -2.14. The lowest BCUT2D eigenvalue weighted by Gasteiger charge is -2.12. The van der Waals surface area contributed by atoms with Crippen molar-refractivity contribution in [3.05, 3.63) is 56.5 Å². The highest BCUT2D eigenvalue weighted by Gasteiger charge is 2.15. The highest BCUT2D eigenvalue weighted by molar-refractivity contribution is 9.10. The molecule has 26 heavy (non-hydrogen) atoms. The standard InChI is InChI=1S/C17H14BrN5O2S/c1-25-14-4-3-10(5-11(14)8-23-9-12(18)7-20-23)15-13(6-19)16(24)22-17(21-15)26-2/h3-5,7,9H,8H2,1-2H3,(H,21,22,24). The summed E-state index contributed by atoms with van der Waals surface area (Å²) in [4.78, 5) is 19.2. The van der Waals surface area contributed by atoms with Gasteiger partial charge in [-0.1, -0.05) is 11.8 Å². The molecule has 9 heteroatoms. The summed E-state index contributed by atoms with van der Waals surface area (Å²) in [7, 11) is 1.59. The predicted octanol–water partition coefficient (Wildman–Crippen LogP) is 3.05. The number of aromatic amines is 1. The fourth-order valence-electron chi connectivity index (χ4n) is 2.51. The summed E-state index contributed by atoms with van der Waals surface area (Å²) < 4.78 is 8.06. The van der Waals surface area contributed by atoms with Gasteiger partial charge in [0.05, 0.1) is 30.0 Å². The third kappa shape index (κ3) is 3.66. The number of hydrogen-bond donors (Lipinski definition) is 1. The average Bonchev–Trinajstić information content (AvgIpc) is 3.05. The van der Waals surface area contributed by atoms with Crippen LogP contribution in [-0.2, 0) is 6.54 Å². The molecule has 0 aliphatic carbocycles. The molecule has 0 aliphatic rings. The van der Waals surface area contributed by atoms with Crippen LogP contribution in [0.5, 0.6) is 5.75 Å². The average molecular weight is 432 g/mol. The monoisotopic (exact) mass is 431 g/mol. The first-order valence-electron chi connectivity index (χ1n) is 7.49. The third-order valence-corrected chi connectivity index (χ3v) is 4.68. The fourth-order valence-corrected chi connectivity index (χ4v) is 3.22. The van der Waals surface area contributed by atoms with Crippen LogP contribution in [-0.4, -0.2) is 33.1 Å². The summed E-state index contributed by atoms with van der Waals surface area (Å²) in [6.45, 7) is 0.475. The molecule has 132 valence electrons. The van der Waals surface area contributed by atoms with Crippen LogP contribution >= 0.6 is 27.7 Å². The molecule has 0 aliphatic heterocycles. The van der Waals surface area contributed by atoms with Crippen molar-refractivity contribution < 1.29 is 4.74 Å². The summed E-state index contributed by atoms with van der Waals surface area (Å²) in [5.74, 6) is 0.689. The SMILES string of the molecule is COc1ccc(-c2nc(SC)[nH]c(=O)c2C#N)cc1Cn1cc(Br)cn1. The topological polar surface area (TPSA) is 96.6 Å². The molecule has 0 amide bonds. The van der Waals surface area contributed by atoms with Gasteiger partial charge in [-0.05, 0) is 40.4 Å².